The zero-order chi connectivity index (χ0) is 24.2. The van der Waals surface area contributed by atoms with Crippen molar-refractivity contribution >= 4 is 23.2 Å². The SMILES string of the molecule is O=[N+]([O-])c1cc2c(cc1C=Nn1c(-c3ccc(F)cc3)csc1=NCCc1ccccc1)OCO2. The number of benzene rings is 3. The molecule has 0 fully saturated rings. The van der Waals surface area contributed by atoms with Crippen LogP contribution in [-0.4, -0.2) is 29.2 Å². The van der Waals surface area contributed by atoms with Crippen LogP contribution in [0.25, 0.3) is 11.3 Å². The van der Waals surface area contributed by atoms with Gasteiger partial charge in [0.1, 0.15) is 5.82 Å². The van der Waals surface area contributed by atoms with E-state index in [1.807, 2.05) is 35.7 Å². The Kier molecular flexibility index (Phi) is 6.36. The molecule has 0 unspecified atom stereocenters. The fraction of sp³-hybridized carbons (Fsp3) is 0.120. The van der Waals surface area contributed by atoms with E-state index in [0.29, 0.717) is 28.5 Å². The molecule has 0 saturated carbocycles. The fourth-order valence-electron chi connectivity index (χ4n) is 3.59. The Morgan fingerprint density at radius 1 is 1.09 bits per heavy atom. The Morgan fingerprint density at radius 3 is 2.57 bits per heavy atom. The number of nitro groups is 1. The van der Waals surface area contributed by atoms with Gasteiger partial charge in [0, 0.05) is 17.5 Å². The van der Waals surface area contributed by atoms with E-state index in [-0.39, 0.29) is 23.9 Å². The van der Waals surface area contributed by atoms with Crippen LogP contribution >= 0.6 is 11.3 Å². The van der Waals surface area contributed by atoms with Gasteiger partial charge >= 0.3 is 0 Å². The van der Waals surface area contributed by atoms with E-state index >= 15 is 0 Å². The van der Waals surface area contributed by atoms with E-state index in [4.69, 9.17) is 14.5 Å². The lowest BCUT2D eigenvalue weighted by molar-refractivity contribution is -0.385. The number of thiazole rings is 1. The molecule has 0 aliphatic carbocycles. The average molecular weight is 491 g/mol. The third-order valence-electron chi connectivity index (χ3n) is 5.35. The van der Waals surface area contributed by atoms with Gasteiger partial charge in [0.15, 0.2) is 11.5 Å². The monoisotopic (exact) mass is 490 g/mol. The Morgan fingerprint density at radius 2 is 1.83 bits per heavy atom. The van der Waals surface area contributed by atoms with Gasteiger partial charge in [-0.2, -0.15) is 5.10 Å². The molecule has 3 aromatic carbocycles. The summed E-state index contributed by atoms with van der Waals surface area (Å²) in [5.41, 5.74) is 2.70. The van der Waals surface area contributed by atoms with Gasteiger partial charge in [0.05, 0.1) is 28.5 Å². The van der Waals surface area contributed by atoms with Crippen molar-refractivity contribution in [2.24, 2.45) is 10.1 Å². The molecular weight excluding hydrogens is 471 g/mol. The summed E-state index contributed by atoms with van der Waals surface area (Å²) in [5, 5.41) is 18.1. The number of nitro benzene ring substituents is 1. The van der Waals surface area contributed by atoms with Gasteiger partial charge in [-0.1, -0.05) is 30.3 Å². The molecule has 176 valence electrons. The number of hydrogen-bond donors (Lipinski definition) is 0. The van der Waals surface area contributed by atoms with Crippen LogP contribution < -0.4 is 14.3 Å². The normalized spacial score (nSPS) is 13.0. The Labute approximate surface area is 203 Å². The van der Waals surface area contributed by atoms with Gasteiger partial charge in [0.25, 0.3) is 5.69 Å². The van der Waals surface area contributed by atoms with Crippen molar-refractivity contribution in [2.45, 2.75) is 6.42 Å². The molecule has 0 N–H and O–H groups in total. The zero-order valence-electron chi connectivity index (χ0n) is 18.3. The summed E-state index contributed by atoms with van der Waals surface area (Å²) < 4.78 is 25.7. The van der Waals surface area contributed by atoms with E-state index in [1.54, 1.807) is 16.8 Å². The standard InChI is InChI=1S/C25H19FN4O4S/c26-20-8-6-18(7-9-20)22-15-35-25(27-11-10-17-4-2-1-3-5-17)29(22)28-14-19-12-23-24(34-16-33-23)13-21(19)30(31)32/h1-9,12-15H,10-11,16H2. The highest BCUT2D eigenvalue weighted by molar-refractivity contribution is 7.07. The number of ether oxygens (including phenoxy) is 2. The highest BCUT2D eigenvalue weighted by Crippen LogP contribution is 2.37. The Balaban J connectivity index is 1.54. The number of rotatable bonds is 7. The summed E-state index contributed by atoms with van der Waals surface area (Å²) in [7, 11) is 0. The molecule has 10 heteroatoms. The predicted octanol–water partition coefficient (Wildman–Crippen LogP) is 5.02. The highest BCUT2D eigenvalue weighted by Gasteiger charge is 2.22. The average Bonchev–Trinajstić information content (AvgIpc) is 3.49. The van der Waals surface area contributed by atoms with Crippen molar-refractivity contribution in [1.82, 2.24) is 4.68 Å². The van der Waals surface area contributed by atoms with Gasteiger partial charge < -0.3 is 9.47 Å². The van der Waals surface area contributed by atoms with Gasteiger partial charge in [-0.05, 0) is 42.3 Å². The molecule has 0 radical (unpaired) electrons. The van der Waals surface area contributed by atoms with Crippen LogP contribution in [0, 0.1) is 15.9 Å². The predicted molar refractivity (Wildman–Crippen MR) is 130 cm³/mol. The van der Waals surface area contributed by atoms with Gasteiger partial charge in [-0.3, -0.25) is 15.1 Å². The maximum atomic E-state index is 13.5. The van der Waals surface area contributed by atoms with Crippen LogP contribution in [0.4, 0.5) is 10.1 Å². The zero-order valence-corrected chi connectivity index (χ0v) is 19.2. The molecule has 1 aromatic heterocycles. The first-order valence-electron chi connectivity index (χ1n) is 10.7. The largest absolute Gasteiger partial charge is 0.454 e. The van der Waals surface area contributed by atoms with Gasteiger partial charge in [-0.25, -0.2) is 9.07 Å². The maximum Gasteiger partial charge on any atom is 0.282 e. The number of nitrogens with zero attached hydrogens (tertiary/aromatic N) is 4. The van der Waals surface area contributed by atoms with Crippen molar-refractivity contribution in [3.8, 4) is 22.8 Å². The molecule has 1 aliphatic heterocycles. The molecule has 0 spiro atoms. The molecule has 5 rings (SSSR count). The first-order chi connectivity index (χ1) is 17.1. The number of hydrogen-bond acceptors (Lipinski definition) is 7. The summed E-state index contributed by atoms with van der Waals surface area (Å²) in [6.45, 7) is 0.540. The summed E-state index contributed by atoms with van der Waals surface area (Å²) >= 11 is 1.39. The van der Waals surface area contributed by atoms with Gasteiger partial charge in [0.2, 0.25) is 11.6 Å². The maximum absolute atomic E-state index is 13.5. The molecule has 0 saturated heterocycles. The Bertz CT molecular complexity index is 1460. The summed E-state index contributed by atoms with van der Waals surface area (Å²) in [4.78, 5) is 16.5. The topological polar surface area (TPSA) is 91.2 Å². The van der Waals surface area contributed by atoms with Crippen LogP contribution in [-0.2, 0) is 6.42 Å². The van der Waals surface area contributed by atoms with Crippen molar-refractivity contribution < 1.29 is 18.8 Å². The molecule has 4 aromatic rings. The summed E-state index contributed by atoms with van der Waals surface area (Å²) in [6, 6.07) is 18.9. The second-order valence-electron chi connectivity index (χ2n) is 7.61. The molecule has 0 atom stereocenters. The lowest BCUT2D eigenvalue weighted by atomic mass is 10.1. The number of fused-ring (bicyclic) bond motifs is 1. The molecule has 0 bridgehead atoms. The van der Waals surface area contributed by atoms with E-state index in [9.17, 15) is 14.5 Å². The van der Waals surface area contributed by atoms with Crippen LogP contribution in [0.2, 0.25) is 0 Å². The smallest absolute Gasteiger partial charge is 0.282 e. The van der Waals surface area contributed by atoms with Crippen LogP contribution in [0.15, 0.2) is 82.2 Å². The fourth-order valence-corrected chi connectivity index (χ4v) is 4.46. The van der Waals surface area contributed by atoms with Crippen molar-refractivity contribution in [3.05, 3.63) is 104 Å². The number of aromatic nitrogens is 1. The molecular formula is C25H19FN4O4S. The molecule has 35 heavy (non-hydrogen) atoms. The van der Waals surface area contributed by atoms with E-state index in [0.717, 1.165) is 17.5 Å². The summed E-state index contributed by atoms with van der Waals surface area (Å²) in [6.07, 6.45) is 2.15. The minimum absolute atomic E-state index is 0.00548. The minimum Gasteiger partial charge on any atom is -0.454 e. The van der Waals surface area contributed by atoms with E-state index in [1.165, 1.54) is 41.8 Å². The quantitative estimate of drug-likeness (QED) is 0.207. The van der Waals surface area contributed by atoms with Crippen molar-refractivity contribution in [3.63, 3.8) is 0 Å². The third-order valence-corrected chi connectivity index (χ3v) is 6.20. The Hall–Kier alpha value is -4.31. The second kappa shape index (κ2) is 9.90. The lowest BCUT2D eigenvalue weighted by Crippen LogP contribution is -2.13. The van der Waals surface area contributed by atoms with E-state index < -0.39 is 4.92 Å². The molecule has 1 aliphatic rings. The first-order valence-corrected chi connectivity index (χ1v) is 11.6. The van der Waals surface area contributed by atoms with Crippen molar-refractivity contribution in [1.29, 1.82) is 0 Å². The second-order valence-corrected chi connectivity index (χ2v) is 8.44. The van der Waals surface area contributed by atoms with Crippen LogP contribution in [0.1, 0.15) is 11.1 Å². The lowest BCUT2D eigenvalue weighted by Gasteiger charge is -2.05. The highest BCUT2D eigenvalue weighted by atomic mass is 32.1. The first kappa shape index (κ1) is 22.5. The van der Waals surface area contributed by atoms with Crippen LogP contribution in [0.3, 0.4) is 0 Å². The summed E-state index contributed by atoms with van der Waals surface area (Å²) in [5.74, 6) is 0.391. The third kappa shape index (κ3) is 4.97. The van der Waals surface area contributed by atoms with E-state index in [2.05, 4.69) is 5.10 Å². The van der Waals surface area contributed by atoms with Crippen molar-refractivity contribution in [2.75, 3.05) is 13.3 Å². The van der Waals surface area contributed by atoms with Gasteiger partial charge in [-0.15, -0.1) is 11.3 Å². The number of halogens is 1. The molecule has 8 nitrogen and oxygen atoms in total. The molecule has 0 amide bonds. The minimum atomic E-state index is -0.492. The molecule has 2 heterocycles. The van der Waals surface area contributed by atoms with Crippen LogP contribution in [0.5, 0.6) is 11.5 Å².